The van der Waals surface area contributed by atoms with E-state index in [2.05, 4.69) is 16.1 Å². The van der Waals surface area contributed by atoms with Crippen molar-refractivity contribution in [1.29, 1.82) is 5.26 Å². The van der Waals surface area contributed by atoms with Gasteiger partial charge in [-0.1, -0.05) is 12.1 Å². The van der Waals surface area contributed by atoms with Crippen LogP contribution >= 0.6 is 0 Å². The summed E-state index contributed by atoms with van der Waals surface area (Å²) in [6.45, 7) is 1.58. The summed E-state index contributed by atoms with van der Waals surface area (Å²) in [4.78, 5) is 0. The molecule has 0 radical (unpaired) electrons. The minimum atomic E-state index is -3.27. The summed E-state index contributed by atoms with van der Waals surface area (Å²) < 4.78 is 25.4. The van der Waals surface area contributed by atoms with Crippen LogP contribution in [0.15, 0.2) is 48.5 Å². The summed E-state index contributed by atoms with van der Waals surface area (Å²) in [5.74, 6) is 0.0303. The second kappa shape index (κ2) is 6.29. The molecular formula is C15H15N3O2S. The molecule has 0 unspecified atom stereocenters. The van der Waals surface area contributed by atoms with Crippen molar-refractivity contribution in [3.8, 4) is 6.07 Å². The molecule has 0 fully saturated rings. The highest BCUT2D eigenvalue weighted by molar-refractivity contribution is 7.92. The second-order valence-corrected chi connectivity index (χ2v) is 6.38. The van der Waals surface area contributed by atoms with Gasteiger partial charge in [-0.2, -0.15) is 5.26 Å². The quantitative estimate of drug-likeness (QED) is 0.889. The third kappa shape index (κ3) is 3.97. The smallest absolute Gasteiger partial charge is 0.232 e. The first kappa shape index (κ1) is 14.9. The van der Waals surface area contributed by atoms with Gasteiger partial charge in [0.15, 0.2) is 0 Å². The maximum Gasteiger partial charge on any atom is 0.232 e. The third-order valence-electron chi connectivity index (χ3n) is 2.86. The fourth-order valence-corrected chi connectivity index (χ4v) is 2.36. The highest BCUT2D eigenvalue weighted by atomic mass is 32.2. The predicted octanol–water partition coefficient (Wildman–Crippen LogP) is 3.06. The van der Waals surface area contributed by atoms with Crippen molar-refractivity contribution >= 4 is 27.1 Å². The van der Waals surface area contributed by atoms with Gasteiger partial charge < -0.3 is 5.32 Å². The number of para-hydroxylation sites is 1. The van der Waals surface area contributed by atoms with Crippen LogP contribution in [-0.2, 0) is 10.0 Å². The first-order valence-corrected chi connectivity index (χ1v) is 8.06. The lowest BCUT2D eigenvalue weighted by Crippen LogP contribution is -2.14. The van der Waals surface area contributed by atoms with Crippen LogP contribution in [0.1, 0.15) is 12.5 Å². The van der Waals surface area contributed by atoms with E-state index < -0.39 is 10.0 Å². The number of anilines is 3. The minimum absolute atomic E-state index is 0.0303. The Balaban J connectivity index is 2.15. The minimum Gasteiger partial charge on any atom is -0.354 e. The lowest BCUT2D eigenvalue weighted by Gasteiger charge is -2.10. The van der Waals surface area contributed by atoms with Crippen LogP contribution in [0, 0.1) is 11.3 Å². The van der Waals surface area contributed by atoms with E-state index in [0.29, 0.717) is 16.9 Å². The van der Waals surface area contributed by atoms with Crippen molar-refractivity contribution in [3.63, 3.8) is 0 Å². The van der Waals surface area contributed by atoms with Crippen molar-refractivity contribution in [2.24, 2.45) is 0 Å². The fourth-order valence-electron chi connectivity index (χ4n) is 1.72. The molecular weight excluding hydrogens is 286 g/mol. The molecule has 0 aliphatic carbocycles. The van der Waals surface area contributed by atoms with Gasteiger partial charge in [0, 0.05) is 11.4 Å². The van der Waals surface area contributed by atoms with Gasteiger partial charge >= 0.3 is 0 Å². The topological polar surface area (TPSA) is 82.0 Å². The molecule has 0 spiro atoms. The van der Waals surface area contributed by atoms with E-state index in [4.69, 9.17) is 5.26 Å². The Hall–Kier alpha value is -2.52. The van der Waals surface area contributed by atoms with Crippen LogP contribution in [0.2, 0.25) is 0 Å². The van der Waals surface area contributed by atoms with E-state index in [1.807, 2.05) is 12.1 Å². The number of sulfonamides is 1. The van der Waals surface area contributed by atoms with Gasteiger partial charge in [-0.05, 0) is 43.3 Å². The van der Waals surface area contributed by atoms with E-state index in [1.54, 1.807) is 43.3 Å². The zero-order chi connectivity index (χ0) is 15.3. The number of rotatable bonds is 5. The highest BCUT2D eigenvalue weighted by Crippen LogP contribution is 2.22. The molecule has 0 saturated carbocycles. The number of nitrogens with one attached hydrogen (secondary N) is 2. The van der Waals surface area contributed by atoms with Crippen molar-refractivity contribution in [1.82, 2.24) is 0 Å². The Kier molecular flexibility index (Phi) is 4.45. The van der Waals surface area contributed by atoms with Crippen molar-refractivity contribution in [2.75, 3.05) is 15.8 Å². The zero-order valence-electron chi connectivity index (χ0n) is 11.5. The monoisotopic (exact) mass is 301 g/mol. The molecule has 2 rings (SSSR count). The Morgan fingerprint density at radius 2 is 1.67 bits per heavy atom. The molecule has 0 aliphatic heterocycles. The number of hydrogen-bond acceptors (Lipinski definition) is 4. The van der Waals surface area contributed by atoms with Gasteiger partial charge in [0.05, 0.1) is 17.0 Å². The van der Waals surface area contributed by atoms with Crippen molar-refractivity contribution < 1.29 is 8.42 Å². The summed E-state index contributed by atoms with van der Waals surface area (Å²) >= 11 is 0. The molecule has 0 aromatic heterocycles. The van der Waals surface area contributed by atoms with Gasteiger partial charge in [0.25, 0.3) is 0 Å². The van der Waals surface area contributed by atoms with Gasteiger partial charge in [-0.3, -0.25) is 4.72 Å². The molecule has 0 saturated heterocycles. The predicted molar refractivity (Wildman–Crippen MR) is 84.0 cm³/mol. The van der Waals surface area contributed by atoms with Crippen LogP contribution in [0.4, 0.5) is 17.1 Å². The first-order chi connectivity index (χ1) is 10.0. The number of nitrogens with zero attached hydrogens (tertiary/aromatic N) is 1. The zero-order valence-corrected chi connectivity index (χ0v) is 12.3. The molecule has 2 N–H and O–H groups in total. The maximum absolute atomic E-state index is 11.5. The van der Waals surface area contributed by atoms with Crippen LogP contribution in [0.3, 0.4) is 0 Å². The maximum atomic E-state index is 11.5. The molecule has 5 nitrogen and oxygen atoms in total. The molecule has 0 amide bonds. The molecule has 0 aliphatic rings. The van der Waals surface area contributed by atoms with E-state index in [9.17, 15) is 8.42 Å². The normalized spacial score (nSPS) is 10.7. The summed E-state index contributed by atoms with van der Waals surface area (Å²) in [6, 6.07) is 16.1. The largest absolute Gasteiger partial charge is 0.354 e. The van der Waals surface area contributed by atoms with Crippen LogP contribution in [0.25, 0.3) is 0 Å². The number of nitriles is 1. The van der Waals surface area contributed by atoms with E-state index in [1.165, 1.54) is 0 Å². The molecule has 6 heteroatoms. The molecule has 21 heavy (non-hydrogen) atoms. The van der Waals surface area contributed by atoms with Crippen LogP contribution < -0.4 is 10.0 Å². The fraction of sp³-hybridized carbons (Fsp3) is 0.133. The molecule has 108 valence electrons. The van der Waals surface area contributed by atoms with Gasteiger partial charge in [-0.25, -0.2) is 8.42 Å². The highest BCUT2D eigenvalue weighted by Gasteiger charge is 2.06. The van der Waals surface area contributed by atoms with Gasteiger partial charge in [0.1, 0.15) is 6.07 Å². The number of hydrogen-bond donors (Lipinski definition) is 2. The van der Waals surface area contributed by atoms with Gasteiger partial charge in [0.2, 0.25) is 10.0 Å². The average molecular weight is 301 g/mol. The Morgan fingerprint density at radius 3 is 2.29 bits per heavy atom. The Bertz CT molecular complexity index is 762. The first-order valence-electron chi connectivity index (χ1n) is 6.41. The lowest BCUT2D eigenvalue weighted by atomic mass is 10.2. The Morgan fingerprint density at radius 1 is 1.05 bits per heavy atom. The molecule has 2 aromatic carbocycles. The molecule has 2 aromatic rings. The summed E-state index contributed by atoms with van der Waals surface area (Å²) in [5, 5.41) is 12.2. The van der Waals surface area contributed by atoms with E-state index in [0.717, 1.165) is 5.69 Å². The van der Waals surface area contributed by atoms with Crippen molar-refractivity contribution in [2.45, 2.75) is 6.92 Å². The summed E-state index contributed by atoms with van der Waals surface area (Å²) in [6.07, 6.45) is 0. The van der Waals surface area contributed by atoms with Gasteiger partial charge in [-0.15, -0.1) is 0 Å². The van der Waals surface area contributed by atoms with E-state index >= 15 is 0 Å². The molecule has 0 heterocycles. The third-order valence-corrected chi connectivity index (χ3v) is 4.17. The standard InChI is InChI=1S/C15H15N3O2S/c1-2-21(19,20)18-14-9-7-13(8-10-14)17-15-6-4-3-5-12(15)11-16/h3-10,17-18H,2H2,1H3. The SMILES string of the molecule is CCS(=O)(=O)Nc1ccc(Nc2ccccc2C#N)cc1. The second-order valence-electron chi connectivity index (χ2n) is 4.37. The van der Waals surface area contributed by atoms with Crippen molar-refractivity contribution in [3.05, 3.63) is 54.1 Å². The number of benzene rings is 2. The van der Waals surface area contributed by atoms with Crippen LogP contribution in [0.5, 0.6) is 0 Å². The molecule has 0 bridgehead atoms. The molecule has 0 atom stereocenters. The van der Waals surface area contributed by atoms with E-state index in [-0.39, 0.29) is 5.75 Å². The average Bonchev–Trinajstić information content (AvgIpc) is 2.49. The lowest BCUT2D eigenvalue weighted by molar-refractivity contribution is 0.602. The van der Waals surface area contributed by atoms with Crippen LogP contribution in [-0.4, -0.2) is 14.2 Å². The summed E-state index contributed by atoms with van der Waals surface area (Å²) in [5.41, 5.74) is 2.54. The summed E-state index contributed by atoms with van der Waals surface area (Å²) in [7, 11) is -3.27. The Labute approximate surface area is 124 Å².